The van der Waals surface area contributed by atoms with Gasteiger partial charge in [-0.15, -0.1) is 0 Å². The summed E-state index contributed by atoms with van der Waals surface area (Å²) in [5.41, 5.74) is 3.60. The highest BCUT2D eigenvalue weighted by Crippen LogP contribution is 2.20. The average molecular weight is 346 g/mol. The summed E-state index contributed by atoms with van der Waals surface area (Å²) >= 11 is 3.35. The highest BCUT2D eigenvalue weighted by Gasteiger charge is 2.03. The molecule has 2 aromatic carbocycles. The molecule has 0 spiro atoms. The molecule has 0 saturated heterocycles. The van der Waals surface area contributed by atoms with Crippen molar-refractivity contribution in [2.45, 2.75) is 6.54 Å². The van der Waals surface area contributed by atoms with Crippen LogP contribution in [0, 0.1) is 5.82 Å². The first-order valence-electron chi connectivity index (χ1n) is 6.49. The van der Waals surface area contributed by atoms with Gasteiger partial charge >= 0.3 is 0 Å². The fourth-order valence-corrected chi connectivity index (χ4v) is 2.47. The molecule has 0 atom stereocenters. The third kappa shape index (κ3) is 3.31. The topological polar surface area (TPSA) is 40.7 Å². The van der Waals surface area contributed by atoms with E-state index in [1.54, 1.807) is 24.7 Å². The van der Waals surface area contributed by atoms with E-state index >= 15 is 0 Å². The molecular formula is C16H13BrFN3. The van der Waals surface area contributed by atoms with Crippen LogP contribution in [0.25, 0.3) is 11.3 Å². The first-order chi connectivity index (χ1) is 10.2. The number of rotatable bonds is 4. The second-order valence-corrected chi connectivity index (χ2v) is 5.55. The van der Waals surface area contributed by atoms with Gasteiger partial charge in [-0.05, 0) is 35.9 Å². The Hall–Kier alpha value is -2.14. The zero-order valence-corrected chi connectivity index (χ0v) is 12.7. The molecule has 0 bridgehead atoms. The minimum absolute atomic E-state index is 0.209. The molecule has 5 heteroatoms. The first kappa shape index (κ1) is 13.8. The first-order valence-corrected chi connectivity index (χ1v) is 7.28. The maximum absolute atomic E-state index is 13.7. The van der Waals surface area contributed by atoms with Crippen LogP contribution in [0.5, 0.6) is 0 Å². The van der Waals surface area contributed by atoms with Crippen LogP contribution in [0.4, 0.5) is 10.1 Å². The van der Waals surface area contributed by atoms with Gasteiger partial charge in [0.15, 0.2) is 0 Å². The van der Waals surface area contributed by atoms with Gasteiger partial charge in [0.05, 0.1) is 18.2 Å². The molecule has 3 aromatic rings. The molecule has 3 rings (SSSR count). The van der Waals surface area contributed by atoms with E-state index < -0.39 is 0 Å². The van der Waals surface area contributed by atoms with Crippen molar-refractivity contribution in [3.63, 3.8) is 0 Å². The van der Waals surface area contributed by atoms with Crippen molar-refractivity contribution in [2.75, 3.05) is 5.32 Å². The Morgan fingerprint density at radius 1 is 1.14 bits per heavy atom. The Morgan fingerprint density at radius 2 is 1.95 bits per heavy atom. The standard InChI is InChI=1S/C16H13BrFN3/c17-13-3-6-15(18)12(7-13)8-20-14-4-1-11(2-5-14)16-9-19-10-21-16/h1-7,9-10,20H,8H2,(H,19,21). The second-order valence-electron chi connectivity index (χ2n) is 4.63. The Balaban J connectivity index is 1.70. The lowest BCUT2D eigenvalue weighted by Gasteiger charge is -2.08. The number of aromatic nitrogens is 2. The monoisotopic (exact) mass is 345 g/mol. The minimum Gasteiger partial charge on any atom is -0.381 e. The molecule has 21 heavy (non-hydrogen) atoms. The van der Waals surface area contributed by atoms with Crippen molar-refractivity contribution in [2.24, 2.45) is 0 Å². The summed E-state index contributed by atoms with van der Waals surface area (Å²) < 4.78 is 14.5. The largest absolute Gasteiger partial charge is 0.381 e. The van der Waals surface area contributed by atoms with Crippen molar-refractivity contribution in [1.82, 2.24) is 9.97 Å². The molecule has 0 fully saturated rings. The van der Waals surface area contributed by atoms with Gasteiger partial charge in [0, 0.05) is 22.3 Å². The quantitative estimate of drug-likeness (QED) is 0.725. The van der Waals surface area contributed by atoms with E-state index in [-0.39, 0.29) is 5.82 Å². The smallest absolute Gasteiger partial charge is 0.128 e. The molecular weight excluding hydrogens is 333 g/mol. The third-order valence-electron chi connectivity index (χ3n) is 3.18. The van der Waals surface area contributed by atoms with Gasteiger partial charge in [-0.1, -0.05) is 28.1 Å². The molecule has 2 N–H and O–H groups in total. The number of nitrogens with one attached hydrogen (secondary N) is 2. The molecule has 0 unspecified atom stereocenters. The number of hydrogen-bond donors (Lipinski definition) is 2. The van der Waals surface area contributed by atoms with E-state index in [2.05, 4.69) is 31.2 Å². The Kier molecular flexibility index (Phi) is 4.01. The van der Waals surface area contributed by atoms with Crippen molar-refractivity contribution in [3.05, 3.63) is 70.8 Å². The SMILES string of the molecule is Fc1ccc(Br)cc1CNc1ccc(-c2cnc[nH]2)cc1. The van der Waals surface area contributed by atoms with Crippen LogP contribution in [0.2, 0.25) is 0 Å². The number of halogens is 2. The number of hydrogen-bond acceptors (Lipinski definition) is 2. The van der Waals surface area contributed by atoms with Gasteiger partial charge in [-0.2, -0.15) is 0 Å². The summed E-state index contributed by atoms with van der Waals surface area (Å²) in [6.45, 7) is 0.439. The van der Waals surface area contributed by atoms with Crippen LogP contribution in [0.3, 0.4) is 0 Å². The molecule has 3 nitrogen and oxygen atoms in total. The molecule has 106 valence electrons. The fourth-order valence-electron chi connectivity index (χ4n) is 2.06. The summed E-state index contributed by atoms with van der Waals surface area (Å²) in [6, 6.07) is 12.8. The number of nitrogens with zero attached hydrogens (tertiary/aromatic N) is 1. The van der Waals surface area contributed by atoms with E-state index in [4.69, 9.17) is 0 Å². The third-order valence-corrected chi connectivity index (χ3v) is 3.68. The van der Waals surface area contributed by atoms with E-state index in [0.29, 0.717) is 12.1 Å². The molecule has 0 amide bonds. The highest BCUT2D eigenvalue weighted by molar-refractivity contribution is 9.10. The second kappa shape index (κ2) is 6.10. The van der Waals surface area contributed by atoms with Gasteiger partial charge < -0.3 is 10.3 Å². The number of benzene rings is 2. The maximum atomic E-state index is 13.7. The maximum Gasteiger partial charge on any atom is 0.128 e. The van der Waals surface area contributed by atoms with E-state index in [1.807, 2.05) is 24.3 Å². The van der Waals surface area contributed by atoms with E-state index in [0.717, 1.165) is 21.4 Å². The lowest BCUT2D eigenvalue weighted by atomic mass is 10.1. The van der Waals surface area contributed by atoms with Gasteiger partial charge in [0.2, 0.25) is 0 Å². The average Bonchev–Trinajstić information content (AvgIpc) is 3.03. The Morgan fingerprint density at radius 3 is 2.67 bits per heavy atom. The normalized spacial score (nSPS) is 10.6. The highest BCUT2D eigenvalue weighted by atomic mass is 79.9. The summed E-state index contributed by atoms with van der Waals surface area (Å²) in [4.78, 5) is 7.06. The summed E-state index contributed by atoms with van der Waals surface area (Å²) in [6.07, 6.45) is 3.43. The summed E-state index contributed by atoms with van der Waals surface area (Å²) in [5, 5.41) is 3.21. The lowest BCUT2D eigenvalue weighted by Crippen LogP contribution is -2.01. The molecule has 1 heterocycles. The molecule has 0 aliphatic heterocycles. The van der Waals surface area contributed by atoms with Crippen molar-refractivity contribution < 1.29 is 4.39 Å². The molecule has 0 aliphatic carbocycles. The molecule has 0 radical (unpaired) electrons. The van der Waals surface area contributed by atoms with Gasteiger partial charge in [-0.25, -0.2) is 9.37 Å². The van der Waals surface area contributed by atoms with Crippen LogP contribution in [0.1, 0.15) is 5.56 Å². The predicted octanol–water partition coefficient (Wildman–Crippen LogP) is 4.59. The van der Waals surface area contributed by atoms with Crippen LogP contribution in [0.15, 0.2) is 59.5 Å². The summed E-state index contributed by atoms with van der Waals surface area (Å²) in [7, 11) is 0. The number of anilines is 1. The van der Waals surface area contributed by atoms with Crippen LogP contribution < -0.4 is 5.32 Å². The zero-order chi connectivity index (χ0) is 14.7. The minimum atomic E-state index is -0.209. The van der Waals surface area contributed by atoms with Crippen LogP contribution in [-0.2, 0) is 6.54 Å². The molecule has 1 aromatic heterocycles. The van der Waals surface area contributed by atoms with Crippen molar-refractivity contribution in [1.29, 1.82) is 0 Å². The fraction of sp³-hybridized carbons (Fsp3) is 0.0625. The molecule has 0 aliphatic rings. The summed E-state index contributed by atoms with van der Waals surface area (Å²) in [5.74, 6) is -0.209. The number of aromatic amines is 1. The van der Waals surface area contributed by atoms with Gasteiger partial charge in [0.1, 0.15) is 5.82 Å². The lowest BCUT2D eigenvalue weighted by molar-refractivity contribution is 0.612. The van der Waals surface area contributed by atoms with Crippen LogP contribution in [-0.4, -0.2) is 9.97 Å². The Labute approximate surface area is 130 Å². The van der Waals surface area contributed by atoms with Gasteiger partial charge in [-0.3, -0.25) is 0 Å². The number of H-pyrrole nitrogens is 1. The van der Waals surface area contributed by atoms with Crippen molar-refractivity contribution in [3.8, 4) is 11.3 Å². The molecule has 0 saturated carbocycles. The Bertz CT molecular complexity index is 724. The van der Waals surface area contributed by atoms with Crippen molar-refractivity contribution >= 4 is 21.6 Å². The zero-order valence-electron chi connectivity index (χ0n) is 11.1. The number of imidazole rings is 1. The van der Waals surface area contributed by atoms with E-state index in [9.17, 15) is 4.39 Å². The van der Waals surface area contributed by atoms with E-state index in [1.165, 1.54) is 6.07 Å². The van der Waals surface area contributed by atoms with Gasteiger partial charge in [0.25, 0.3) is 0 Å². The van der Waals surface area contributed by atoms with Crippen LogP contribution >= 0.6 is 15.9 Å². The predicted molar refractivity (Wildman–Crippen MR) is 85.5 cm³/mol.